The van der Waals surface area contributed by atoms with Crippen LogP contribution in [0.15, 0.2) is 42.5 Å². The zero-order chi connectivity index (χ0) is 28.8. The number of hydrogen-bond acceptors (Lipinski definition) is 6. The molecule has 2 aliphatic rings. The fraction of sp³-hybridized carbons (Fsp3) is 0.481. The molecule has 2 aromatic rings. The van der Waals surface area contributed by atoms with Crippen LogP contribution in [-0.4, -0.2) is 75.2 Å². The summed E-state index contributed by atoms with van der Waals surface area (Å²) in [7, 11) is 7.16. The number of methoxy groups -OCH3 is 3. The molecule has 0 bridgehead atoms. The molecule has 0 aromatic heterocycles. The summed E-state index contributed by atoms with van der Waals surface area (Å²) < 4.78 is 47.9. The third-order valence-corrected chi connectivity index (χ3v) is 7.41. The fourth-order valence-corrected chi connectivity index (χ4v) is 5.42. The van der Waals surface area contributed by atoms with Crippen LogP contribution in [0.1, 0.15) is 31.2 Å². The lowest BCUT2D eigenvalue weighted by Gasteiger charge is -2.45. The Morgan fingerprint density at radius 1 is 1.00 bits per heavy atom. The monoisotopic (exact) mass is 553 g/mol. The number of anilines is 1. The van der Waals surface area contributed by atoms with E-state index in [1.807, 2.05) is 30.3 Å². The van der Waals surface area contributed by atoms with Crippen LogP contribution in [0, 0.1) is 0 Å². The second-order valence-electron chi connectivity index (χ2n) is 9.57. The van der Waals surface area contributed by atoms with Gasteiger partial charge in [-0.05, 0) is 81.2 Å². The normalized spacial score (nSPS) is 22.5. The number of halogens is 3. The highest BCUT2D eigenvalue weighted by Gasteiger charge is 2.50. The van der Waals surface area contributed by atoms with Gasteiger partial charge in [0.1, 0.15) is 5.75 Å². The zero-order valence-electron chi connectivity index (χ0n) is 22.3. The van der Waals surface area contributed by atoms with Crippen molar-refractivity contribution < 1.29 is 42.1 Å². The first kappa shape index (κ1) is 29.9. The number of nitrogens with zero attached hydrogens (tertiary/aromatic N) is 1. The van der Waals surface area contributed by atoms with Gasteiger partial charge < -0.3 is 34.9 Å². The Hall–Kier alpha value is -3.67. The molecule has 12 heteroatoms. The van der Waals surface area contributed by atoms with E-state index in [1.54, 1.807) is 21.3 Å². The van der Waals surface area contributed by atoms with Crippen LogP contribution in [0.4, 0.5) is 23.7 Å². The highest BCUT2D eigenvalue weighted by atomic mass is 19.4. The third kappa shape index (κ3) is 7.05. The fourth-order valence-electron chi connectivity index (χ4n) is 5.42. The van der Waals surface area contributed by atoms with Crippen molar-refractivity contribution in [2.24, 2.45) is 0 Å². The minimum Gasteiger partial charge on any atom is -0.497 e. The molecule has 39 heavy (non-hydrogen) atoms. The predicted molar refractivity (Wildman–Crippen MR) is 139 cm³/mol. The van der Waals surface area contributed by atoms with E-state index in [2.05, 4.69) is 34.7 Å². The number of fused-ring (bicyclic) bond motifs is 1. The van der Waals surface area contributed by atoms with E-state index >= 15 is 0 Å². The Morgan fingerprint density at radius 3 is 2.21 bits per heavy atom. The van der Waals surface area contributed by atoms with Gasteiger partial charge in [-0.25, -0.2) is 9.59 Å². The molecule has 2 aromatic carbocycles. The number of nitrogens with one attached hydrogen (secondary N) is 2. The largest absolute Gasteiger partial charge is 0.497 e. The number of rotatable bonds is 6. The van der Waals surface area contributed by atoms with Crippen molar-refractivity contribution in [1.29, 1.82) is 0 Å². The van der Waals surface area contributed by atoms with Crippen molar-refractivity contribution in [1.82, 2.24) is 10.2 Å². The third-order valence-electron chi connectivity index (χ3n) is 7.41. The number of carboxylic acids is 1. The minimum absolute atomic E-state index is 0.0684. The Bertz CT molecular complexity index is 1140. The average Bonchev–Trinajstić information content (AvgIpc) is 3.25. The highest BCUT2D eigenvalue weighted by Crippen LogP contribution is 2.49. The summed E-state index contributed by atoms with van der Waals surface area (Å²) in [5, 5.41) is 13.2. The Kier molecular flexibility index (Phi) is 9.54. The van der Waals surface area contributed by atoms with Crippen molar-refractivity contribution in [3.05, 3.63) is 48.0 Å². The molecule has 1 saturated heterocycles. The second-order valence-corrected chi connectivity index (χ2v) is 9.57. The summed E-state index contributed by atoms with van der Waals surface area (Å²) in [6.07, 6.45) is -1.10. The van der Waals surface area contributed by atoms with Gasteiger partial charge in [0.25, 0.3) is 0 Å². The van der Waals surface area contributed by atoms with E-state index in [9.17, 15) is 18.0 Å². The van der Waals surface area contributed by atoms with Gasteiger partial charge in [0.2, 0.25) is 0 Å². The second kappa shape index (κ2) is 12.5. The molecule has 0 spiro atoms. The van der Waals surface area contributed by atoms with Gasteiger partial charge in [0.15, 0.2) is 11.5 Å². The van der Waals surface area contributed by atoms with Gasteiger partial charge >= 0.3 is 18.2 Å². The number of alkyl halides is 3. The van der Waals surface area contributed by atoms with Crippen molar-refractivity contribution in [2.45, 2.75) is 49.4 Å². The first-order chi connectivity index (χ1) is 18.4. The van der Waals surface area contributed by atoms with Crippen LogP contribution in [0.2, 0.25) is 0 Å². The molecule has 2 amide bonds. The predicted octanol–water partition coefficient (Wildman–Crippen LogP) is 4.66. The van der Waals surface area contributed by atoms with Gasteiger partial charge in [-0.1, -0.05) is 6.07 Å². The first-order valence-corrected chi connectivity index (χ1v) is 12.4. The number of aliphatic carboxylic acids is 1. The van der Waals surface area contributed by atoms with Crippen molar-refractivity contribution >= 4 is 17.7 Å². The molecule has 3 N–H and O–H groups in total. The molecule has 2 fully saturated rings. The van der Waals surface area contributed by atoms with Gasteiger partial charge in [0.05, 0.1) is 21.3 Å². The smallest absolute Gasteiger partial charge is 0.490 e. The summed E-state index contributed by atoms with van der Waals surface area (Å²) in [5.74, 6) is -0.473. The standard InChI is InChI=1S/C25H33N3O4.C2HF3O2/c1-28-14-13-25(17-5-10-21(31-3)22(15-17)32-4)12-11-19(16-23(25)28)27-24(29)26-18-6-8-20(30-2)9-7-18;3-2(4,5)1(6)7/h5-10,15,19,23H,11-14,16H2,1-4H3,(H2,26,27,29);(H,6,7). The molecule has 4 rings (SSSR count). The summed E-state index contributed by atoms with van der Waals surface area (Å²) in [6.45, 7) is 1.05. The number of hydrogen-bond donors (Lipinski definition) is 3. The van der Waals surface area contributed by atoms with Crippen LogP contribution in [0.5, 0.6) is 17.2 Å². The molecule has 3 atom stereocenters. The lowest BCUT2D eigenvalue weighted by molar-refractivity contribution is -0.192. The topological polar surface area (TPSA) is 109 Å². The number of benzene rings is 2. The minimum atomic E-state index is -5.08. The number of carbonyl (C=O) groups is 2. The number of carboxylic acid groups (broad SMARTS) is 1. The number of ether oxygens (including phenoxy) is 3. The van der Waals surface area contributed by atoms with Crippen LogP contribution in [-0.2, 0) is 10.2 Å². The molecular formula is C27H34F3N3O6. The number of urea groups is 1. The molecule has 1 aliphatic heterocycles. The molecule has 1 saturated carbocycles. The maximum atomic E-state index is 12.6. The lowest BCUT2D eigenvalue weighted by Crippen LogP contribution is -2.52. The summed E-state index contributed by atoms with van der Waals surface area (Å²) in [4.78, 5) is 23.9. The average molecular weight is 554 g/mol. The van der Waals surface area contributed by atoms with Crippen molar-refractivity contribution in [2.75, 3.05) is 40.2 Å². The van der Waals surface area contributed by atoms with Crippen LogP contribution < -0.4 is 24.8 Å². The molecule has 1 heterocycles. The van der Waals surface area contributed by atoms with Crippen LogP contribution in [0.25, 0.3) is 0 Å². The molecule has 9 nitrogen and oxygen atoms in total. The van der Waals surface area contributed by atoms with Crippen LogP contribution >= 0.6 is 0 Å². The summed E-state index contributed by atoms with van der Waals surface area (Å²) in [6, 6.07) is 14.0. The maximum absolute atomic E-state index is 12.6. The quantitative estimate of drug-likeness (QED) is 0.477. The number of likely N-dealkylation sites (tertiary alicyclic amines) is 1. The number of likely N-dealkylation sites (N-methyl/N-ethyl adjacent to an activating group) is 1. The lowest BCUT2D eigenvalue weighted by atomic mass is 9.65. The molecule has 214 valence electrons. The molecule has 1 aliphatic carbocycles. The van der Waals surface area contributed by atoms with Crippen LogP contribution in [0.3, 0.4) is 0 Å². The van der Waals surface area contributed by atoms with E-state index in [4.69, 9.17) is 24.1 Å². The van der Waals surface area contributed by atoms with Crippen molar-refractivity contribution in [3.8, 4) is 17.2 Å². The molecule has 0 radical (unpaired) electrons. The summed E-state index contributed by atoms with van der Waals surface area (Å²) >= 11 is 0. The van der Waals surface area contributed by atoms with Gasteiger partial charge in [0, 0.05) is 23.2 Å². The Labute approximate surface area is 225 Å². The Morgan fingerprint density at radius 2 is 1.64 bits per heavy atom. The SMILES string of the molecule is COc1ccc(NC(=O)NC2CCC3(c4ccc(OC)c(OC)c4)CCN(C)C3C2)cc1.O=C(O)C(F)(F)F. The Balaban J connectivity index is 0.000000532. The molecular weight excluding hydrogens is 519 g/mol. The highest BCUT2D eigenvalue weighted by molar-refractivity contribution is 5.89. The summed E-state index contributed by atoms with van der Waals surface area (Å²) in [5.41, 5.74) is 2.11. The van der Waals surface area contributed by atoms with Gasteiger partial charge in [-0.15, -0.1) is 0 Å². The van der Waals surface area contributed by atoms with E-state index in [0.717, 1.165) is 55.2 Å². The first-order valence-electron chi connectivity index (χ1n) is 12.4. The van der Waals surface area contributed by atoms with E-state index in [0.29, 0.717) is 6.04 Å². The maximum Gasteiger partial charge on any atom is 0.490 e. The van der Waals surface area contributed by atoms with E-state index in [-0.39, 0.29) is 17.5 Å². The van der Waals surface area contributed by atoms with E-state index < -0.39 is 12.1 Å². The van der Waals surface area contributed by atoms with Gasteiger partial charge in [-0.2, -0.15) is 13.2 Å². The van der Waals surface area contributed by atoms with E-state index in [1.165, 1.54) is 5.56 Å². The zero-order valence-corrected chi connectivity index (χ0v) is 22.3. The van der Waals surface area contributed by atoms with Gasteiger partial charge in [-0.3, -0.25) is 0 Å². The van der Waals surface area contributed by atoms with Crippen molar-refractivity contribution in [3.63, 3.8) is 0 Å². The number of amides is 2. The molecule has 3 unspecified atom stereocenters. The number of carbonyl (C=O) groups excluding carboxylic acids is 1.